The molecular formula is C19H20N2OS. The van der Waals surface area contributed by atoms with Gasteiger partial charge in [-0.05, 0) is 24.6 Å². The van der Waals surface area contributed by atoms with Gasteiger partial charge in [0, 0.05) is 19.0 Å². The zero-order valence-corrected chi connectivity index (χ0v) is 14.2. The normalized spacial score (nSPS) is 11.8. The highest BCUT2D eigenvalue weighted by Crippen LogP contribution is 2.20. The zero-order valence-electron chi connectivity index (χ0n) is 13.4. The van der Waals surface area contributed by atoms with E-state index in [-0.39, 0.29) is 0 Å². The Morgan fingerprint density at radius 1 is 1.04 bits per heavy atom. The minimum atomic E-state index is 0.664. The summed E-state index contributed by atoms with van der Waals surface area (Å²) in [7, 11) is 1.73. The molecule has 118 valence electrons. The summed E-state index contributed by atoms with van der Waals surface area (Å²) in [6, 6.07) is 18.7. The van der Waals surface area contributed by atoms with Gasteiger partial charge in [0.25, 0.3) is 0 Å². The summed E-state index contributed by atoms with van der Waals surface area (Å²) in [5, 5.41) is 2.16. The van der Waals surface area contributed by atoms with Crippen LogP contribution >= 0.6 is 11.3 Å². The molecule has 3 rings (SSSR count). The van der Waals surface area contributed by atoms with E-state index in [1.54, 1.807) is 18.4 Å². The number of hydrogen-bond acceptors (Lipinski definition) is 3. The molecule has 2 aromatic carbocycles. The molecule has 0 saturated carbocycles. The number of aromatic nitrogens is 1. The van der Waals surface area contributed by atoms with Crippen LogP contribution in [0.3, 0.4) is 0 Å². The highest BCUT2D eigenvalue weighted by atomic mass is 32.1. The van der Waals surface area contributed by atoms with E-state index >= 15 is 0 Å². The van der Waals surface area contributed by atoms with Crippen LogP contribution < -0.4 is 4.80 Å². The van der Waals surface area contributed by atoms with Gasteiger partial charge in [-0.15, -0.1) is 11.3 Å². The molecule has 0 aliphatic carbocycles. The van der Waals surface area contributed by atoms with Crippen molar-refractivity contribution in [1.82, 2.24) is 4.57 Å². The molecule has 0 spiro atoms. The van der Waals surface area contributed by atoms with Gasteiger partial charge in [0.15, 0.2) is 4.80 Å². The molecule has 0 N–H and O–H groups in total. The van der Waals surface area contributed by atoms with Gasteiger partial charge < -0.3 is 9.30 Å². The maximum Gasteiger partial charge on any atom is 0.190 e. The van der Waals surface area contributed by atoms with E-state index in [1.807, 2.05) is 6.07 Å². The summed E-state index contributed by atoms with van der Waals surface area (Å²) in [5.41, 5.74) is 4.60. The lowest BCUT2D eigenvalue weighted by molar-refractivity contribution is 0.187. The van der Waals surface area contributed by atoms with Crippen molar-refractivity contribution in [3.05, 3.63) is 70.3 Å². The molecule has 0 aliphatic heterocycles. The molecule has 0 amide bonds. The van der Waals surface area contributed by atoms with E-state index in [4.69, 9.17) is 9.73 Å². The van der Waals surface area contributed by atoms with Gasteiger partial charge in [0.1, 0.15) is 0 Å². The Labute approximate surface area is 140 Å². The molecule has 3 nitrogen and oxygen atoms in total. The maximum atomic E-state index is 5.27. The molecular weight excluding hydrogens is 304 g/mol. The average molecular weight is 324 g/mol. The molecule has 1 aromatic heterocycles. The Morgan fingerprint density at radius 2 is 1.78 bits per heavy atom. The number of hydrogen-bond donors (Lipinski definition) is 0. The van der Waals surface area contributed by atoms with Crippen LogP contribution in [0, 0.1) is 6.92 Å². The summed E-state index contributed by atoms with van der Waals surface area (Å²) in [6.45, 7) is 3.54. The van der Waals surface area contributed by atoms with E-state index in [0.717, 1.165) is 17.0 Å². The third-order valence-electron chi connectivity index (χ3n) is 3.64. The van der Waals surface area contributed by atoms with Gasteiger partial charge in [-0.3, -0.25) is 0 Å². The molecule has 0 radical (unpaired) electrons. The molecule has 4 heteroatoms. The molecule has 0 aliphatic rings. The number of ether oxygens (including phenoxy) is 1. The first kappa shape index (κ1) is 15.7. The number of benzene rings is 2. The summed E-state index contributed by atoms with van der Waals surface area (Å²) in [4.78, 5) is 5.80. The number of methoxy groups -OCH3 is 1. The summed E-state index contributed by atoms with van der Waals surface area (Å²) >= 11 is 1.66. The lowest BCUT2D eigenvalue weighted by Crippen LogP contribution is -2.18. The van der Waals surface area contributed by atoms with Gasteiger partial charge >= 0.3 is 0 Å². The van der Waals surface area contributed by atoms with Crippen molar-refractivity contribution in [2.24, 2.45) is 4.99 Å². The Hall–Kier alpha value is -2.17. The smallest absolute Gasteiger partial charge is 0.190 e. The molecule has 3 aromatic rings. The topological polar surface area (TPSA) is 26.5 Å². The second-order valence-corrected chi connectivity index (χ2v) is 6.20. The van der Waals surface area contributed by atoms with Crippen LogP contribution in [0.2, 0.25) is 0 Å². The fourth-order valence-electron chi connectivity index (χ4n) is 2.39. The van der Waals surface area contributed by atoms with Gasteiger partial charge in [-0.2, -0.15) is 0 Å². The minimum absolute atomic E-state index is 0.664. The Morgan fingerprint density at radius 3 is 2.48 bits per heavy atom. The molecule has 0 atom stereocenters. The van der Waals surface area contributed by atoms with Crippen molar-refractivity contribution in [3.63, 3.8) is 0 Å². The summed E-state index contributed by atoms with van der Waals surface area (Å²) in [5.74, 6) is 0. The van der Waals surface area contributed by atoms with Crippen molar-refractivity contribution in [2.45, 2.75) is 13.5 Å². The van der Waals surface area contributed by atoms with Crippen LogP contribution in [0.25, 0.3) is 11.3 Å². The molecule has 0 fully saturated rings. The van der Waals surface area contributed by atoms with Crippen molar-refractivity contribution in [2.75, 3.05) is 13.7 Å². The average Bonchev–Trinajstić information content (AvgIpc) is 2.98. The molecule has 0 unspecified atom stereocenters. The largest absolute Gasteiger partial charge is 0.383 e. The highest BCUT2D eigenvalue weighted by molar-refractivity contribution is 7.07. The van der Waals surface area contributed by atoms with Gasteiger partial charge in [0.2, 0.25) is 0 Å². The van der Waals surface area contributed by atoms with Crippen molar-refractivity contribution < 1.29 is 4.74 Å². The zero-order chi connectivity index (χ0) is 16.1. The predicted octanol–water partition coefficient (Wildman–Crippen LogP) is 4.40. The van der Waals surface area contributed by atoms with Crippen LogP contribution in [0.4, 0.5) is 5.69 Å². The predicted molar refractivity (Wildman–Crippen MR) is 96.0 cm³/mol. The van der Waals surface area contributed by atoms with Crippen molar-refractivity contribution in [1.29, 1.82) is 0 Å². The highest BCUT2D eigenvalue weighted by Gasteiger charge is 2.07. The van der Waals surface area contributed by atoms with E-state index < -0.39 is 0 Å². The fraction of sp³-hybridized carbons (Fsp3) is 0.211. The van der Waals surface area contributed by atoms with Crippen LogP contribution in [0.5, 0.6) is 0 Å². The third-order valence-corrected chi connectivity index (χ3v) is 4.51. The maximum absolute atomic E-state index is 5.27. The Bertz CT molecular complexity index is 817. The Kier molecular flexibility index (Phi) is 5.05. The first-order valence-electron chi connectivity index (χ1n) is 7.62. The lowest BCUT2D eigenvalue weighted by atomic mass is 10.2. The monoisotopic (exact) mass is 324 g/mol. The van der Waals surface area contributed by atoms with Crippen LogP contribution in [0.15, 0.2) is 65.0 Å². The van der Waals surface area contributed by atoms with E-state index in [0.29, 0.717) is 6.61 Å². The summed E-state index contributed by atoms with van der Waals surface area (Å²) < 4.78 is 7.49. The van der Waals surface area contributed by atoms with Crippen LogP contribution in [-0.2, 0) is 11.3 Å². The van der Waals surface area contributed by atoms with Gasteiger partial charge in [-0.25, -0.2) is 4.99 Å². The van der Waals surface area contributed by atoms with Crippen LogP contribution in [0.1, 0.15) is 5.56 Å². The molecule has 0 bridgehead atoms. The van der Waals surface area contributed by atoms with Crippen LogP contribution in [-0.4, -0.2) is 18.3 Å². The van der Waals surface area contributed by atoms with Crippen molar-refractivity contribution >= 4 is 17.0 Å². The van der Waals surface area contributed by atoms with Crippen molar-refractivity contribution in [3.8, 4) is 11.3 Å². The fourth-order valence-corrected chi connectivity index (χ4v) is 3.34. The summed E-state index contributed by atoms with van der Waals surface area (Å²) in [6.07, 6.45) is 0. The first-order chi connectivity index (χ1) is 11.3. The SMILES string of the molecule is COCCn1c(-c2ccccc2)csc1=Nc1ccc(C)cc1. The number of aryl methyl sites for hydroxylation is 1. The van der Waals surface area contributed by atoms with E-state index in [1.165, 1.54) is 16.8 Å². The lowest BCUT2D eigenvalue weighted by Gasteiger charge is -2.08. The standard InChI is InChI=1S/C19H20N2OS/c1-15-8-10-17(11-9-15)20-19-21(12-13-22-2)18(14-23-19)16-6-4-3-5-7-16/h3-11,14H,12-13H2,1-2H3. The van der Waals surface area contributed by atoms with Gasteiger partial charge in [-0.1, -0.05) is 48.0 Å². The van der Waals surface area contributed by atoms with E-state index in [9.17, 15) is 0 Å². The molecule has 1 heterocycles. The first-order valence-corrected chi connectivity index (χ1v) is 8.50. The molecule has 23 heavy (non-hydrogen) atoms. The van der Waals surface area contributed by atoms with E-state index in [2.05, 4.69) is 65.4 Å². The Balaban J connectivity index is 2.06. The number of thiazole rings is 1. The second-order valence-electron chi connectivity index (χ2n) is 5.36. The molecule has 0 saturated heterocycles. The third kappa shape index (κ3) is 3.78. The second kappa shape index (κ2) is 7.40. The quantitative estimate of drug-likeness (QED) is 0.683. The number of nitrogens with zero attached hydrogens (tertiary/aromatic N) is 2. The minimum Gasteiger partial charge on any atom is -0.383 e. The van der Waals surface area contributed by atoms with Gasteiger partial charge in [0.05, 0.1) is 18.0 Å². The number of rotatable bonds is 5.